The fraction of sp³-hybridized carbons (Fsp3) is 0. The van der Waals surface area contributed by atoms with Gasteiger partial charge in [0.25, 0.3) is 5.91 Å². The summed E-state index contributed by atoms with van der Waals surface area (Å²) in [6.07, 6.45) is 0. The highest BCUT2D eigenvalue weighted by Gasteiger charge is 2.06. The number of amides is 1. The van der Waals surface area contributed by atoms with Crippen LogP contribution >= 0.6 is 24.2 Å². The van der Waals surface area contributed by atoms with Crippen molar-refractivity contribution in [2.75, 3.05) is 4.72 Å². The molecule has 1 rings (SSSR count). The Kier molecular flexibility index (Phi) is 2.18. The third-order valence-electron chi connectivity index (χ3n) is 1.01. The number of anilines is 1. The van der Waals surface area contributed by atoms with E-state index in [0.717, 1.165) is 0 Å². The van der Waals surface area contributed by atoms with Crippen LogP contribution in [0, 0.1) is 0 Å². The van der Waals surface area contributed by atoms with Crippen LogP contribution in [0.15, 0.2) is 11.4 Å². The predicted molar refractivity (Wildman–Crippen MR) is 45.4 cm³/mol. The van der Waals surface area contributed by atoms with Gasteiger partial charge < -0.3 is 10.5 Å². The first-order valence-electron chi connectivity index (χ1n) is 2.53. The molecule has 0 atom stereocenters. The van der Waals surface area contributed by atoms with E-state index in [1.807, 2.05) is 0 Å². The maximum absolute atomic E-state index is 10.6. The van der Waals surface area contributed by atoms with Crippen molar-refractivity contribution in [1.82, 2.24) is 0 Å². The smallest absolute Gasteiger partial charge is 0.260 e. The van der Waals surface area contributed by atoms with E-state index < -0.39 is 5.91 Å². The molecule has 1 aromatic heterocycles. The summed E-state index contributed by atoms with van der Waals surface area (Å²) in [6.45, 7) is 0. The van der Waals surface area contributed by atoms with Crippen molar-refractivity contribution in [3.8, 4) is 0 Å². The van der Waals surface area contributed by atoms with Gasteiger partial charge in [0.15, 0.2) is 0 Å². The van der Waals surface area contributed by atoms with Gasteiger partial charge in [-0.25, -0.2) is 0 Å². The van der Waals surface area contributed by atoms with E-state index in [2.05, 4.69) is 17.5 Å². The molecule has 0 aromatic carbocycles. The Balaban J connectivity index is 3.01. The molecule has 5 heteroatoms. The second-order valence-electron chi connectivity index (χ2n) is 1.64. The average Bonchev–Trinajstić information content (AvgIpc) is 2.33. The summed E-state index contributed by atoms with van der Waals surface area (Å²) >= 11 is 5.09. The maximum atomic E-state index is 10.6. The minimum Gasteiger partial charge on any atom is -0.365 e. The summed E-state index contributed by atoms with van der Waals surface area (Å²) < 4.78 is 2.56. The van der Waals surface area contributed by atoms with E-state index in [1.165, 1.54) is 11.3 Å². The zero-order valence-corrected chi connectivity index (χ0v) is 6.71. The van der Waals surface area contributed by atoms with Gasteiger partial charge in [0, 0.05) is 0 Å². The van der Waals surface area contributed by atoms with E-state index in [0.29, 0.717) is 10.6 Å². The number of nitrogens with two attached hydrogens (primary N) is 1. The van der Waals surface area contributed by atoms with Crippen molar-refractivity contribution in [3.05, 3.63) is 16.3 Å². The lowest BCUT2D eigenvalue weighted by Crippen LogP contribution is -2.09. The van der Waals surface area contributed by atoms with Crippen molar-refractivity contribution in [1.29, 1.82) is 0 Å². The highest BCUT2D eigenvalue weighted by molar-refractivity contribution is 7.81. The third kappa shape index (κ3) is 1.25. The van der Waals surface area contributed by atoms with Crippen LogP contribution in [0.2, 0.25) is 0 Å². The largest absolute Gasteiger partial charge is 0.365 e. The lowest BCUT2D eigenvalue weighted by atomic mass is 10.4. The molecule has 1 heterocycles. The van der Waals surface area contributed by atoms with Crippen molar-refractivity contribution in [2.24, 2.45) is 5.73 Å². The number of carbonyl (C=O) groups excluding carboxylic acids is 1. The van der Waals surface area contributed by atoms with E-state index in [4.69, 9.17) is 5.73 Å². The lowest BCUT2D eigenvalue weighted by molar-refractivity contribution is 0.100. The molecule has 0 saturated carbocycles. The fourth-order valence-corrected chi connectivity index (χ4v) is 1.55. The topological polar surface area (TPSA) is 55.1 Å². The molecule has 0 bridgehead atoms. The van der Waals surface area contributed by atoms with Gasteiger partial charge in [-0.3, -0.25) is 4.79 Å². The minimum absolute atomic E-state index is 0.424. The van der Waals surface area contributed by atoms with Crippen LogP contribution in [0.4, 0.5) is 5.69 Å². The molecule has 1 amide bonds. The van der Waals surface area contributed by atoms with Crippen molar-refractivity contribution >= 4 is 35.7 Å². The number of hydrogen-bond donors (Lipinski definition) is 3. The summed E-state index contributed by atoms with van der Waals surface area (Å²) in [5.41, 5.74) is 5.70. The van der Waals surface area contributed by atoms with Crippen LogP contribution < -0.4 is 10.5 Å². The normalized spacial score (nSPS) is 9.30. The van der Waals surface area contributed by atoms with Crippen LogP contribution in [0.1, 0.15) is 9.67 Å². The monoisotopic (exact) mass is 174 g/mol. The van der Waals surface area contributed by atoms with Gasteiger partial charge in [-0.2, -0.15) is 0 Å². The zero-order chi connectivity index (χ0) is 7.56. The summed E-state index contributed by atoms with van der Waals surface area (Å²) in [4.78, 5) is 11.1. The first-order chi connectivity index (χ1) is 4.75. The molecule has 0 unspecified atom stereocenters. The number of nitrogens with one attached hydrogen (secondary N) is 1. The van der Waals surface area contributed by atoms with Crippen molar-refractivity contribution in [3.63, 3.8) is 0 Å². The van der Waals surface area contributed by atoms with Crippen molar-refractivity contribution < 1.29 is 4.79 Å². The Morgan fingerprint density at radius 2 is 2.50 bits per heavy atom. The number of thiol groups is 1. The molecule has 0 saturated heterocycles. The maximum Gasteiger partial charge on any atom is 0.260 e. The van der Waals surface area contributed by atoms with E-state index in [9.17, 15) is 4.79 Å². The quantitative estimate of drug-likeness (QED) is 0.588. The van der Waals surface area contributed by atoms with Crippen LogP contribution in [-0.4, -0.2) is 5.91 Å². The summed E-state index contributed by atoms with van der Waals surface area (Å²) in [5, 5.41) is 1.78. The number of carbonyl (C=O) groups is 1. The Morgan fingerprint density at radius 3 is 2.90 bits per heavy atom. The van der Waals surface area contributed by atoms with Crippen molar-refractivity contribution in [2.45, 2.75) is 0 Å². The van der Waals surface area contributed by atoms with E-state index in [1.54, 1.807) is 11.4 Å². The molecule has 54 valence electrons. The molecular weight excluding hydrogens is 168 g/mol. The Labute approximate surface area is 67.8 Å². The highest BCUT2D eigenvalue weighted by atomic mass is 32.1. The van der Waals surface area contributed by atoms with Gasteiger partial charge in [0.05, 0.1) is 5.69 Å². The Bertz CT molecular complexity index is 246. The van der Waals surface area contributed by atoms with E-state index in [-0.39, 0.29) is 0 Å². The van der Waals surface area contributed by atoms with Gasteiger partial charge >= 0.3 is 0 Å². The number of rotatable bonds is 2. The first kappa shape index (κ1) is 7.43. The number of primary amides is 1. The molecule has 0 aliphatic heterocycles. The second kappa shape index (κ2) is 2.94. The molecule has 0 aliphatic carbocycles. The number of thiophene rings is 1. The predicted octanol–water partition coefficient (Wildman–Crippen LogP) is 1.10. The molecule has 1 aromatic rings. The summed E-state index contributed by atoms with van der Waals surface area (Å²) in [6, 6.07) is 1.75. The van der Waals surface area contributed by atoms with Crippen LogP contribution in [-0.2, 0) is 0 Å². The van der Waals surface area contributed by atoms with E-state index >= 15 is 0 Å². The molecule has 0 aliphatic rings. The molecule has 3 nitrogen and oxygen atoms in total. The van der Waals surface area contributed by atoms with Crippen LogP contribution in [0.25, 0.3) is 0 Å². The third-order valence-corrected chi connectivity index (χ3v) is 2.18. The lowest BCUT2D eigenvalue weighted by Gasteiger charge is -1.94. The average molecular weight is 174 g/mol. The van der Waals surface area contributed by atoms with Gasteiger partial charge in [0.1, 0.15) is 4.88 Å². The Morgan fingerprint density at radius 1 is 1.80 bits per heavy atom. The SMILES string of the molecule is NC(=O)c1sccc1NS. The molecule has 0 spiro atoms. The summed E-state index contributed by atoms with van der Waals surface area (Å²) in [5.74, 6) is -0.424. The standard InChI is InChI=1S/C5H6N2OS2/c6-5(8)4-3(7-9)1-2-10-4/h1-2,7,9H,(H2,6,8). The summed E-state index contributed by atoms with van der Waals surface area (Å²) in [7, 11) is 0. The molecule has 3 N–H and O–H groups in total. The fourth-order valence-electron chi connectivity index (χ4n) is 0.588. The Hall–Kier alpha value is -0.680. The molecule has 0 radical (unpaired) electrons. The second-order valence-corrected chi connectivity index (χ2v) is 2.78. The van der Waals surface area contributed by atoms with Gasteiger partial charge in [0.2, 0.25) is 0 Å². The van der Waals surface area contributed by atoms with Gasteiger partial charge in [-0.1, -0.05) is 12.8 Å². The van der Waals surface area contributed by atoms with Crippen LogP contribution in [0.3, 0.4) is 0 Å². The molecule has 0 fully saturated rings. The van der Waals surface area contributed by atoms with Crippen LogP contribution in [0.5, 0.6) is 0 Å². The zero-order valence-electron chi connectivity index (χ0n) is 5.00. The number of hydrogen-bond acceptors (Lipinski definition) is 4. The first-order valence-corrected chi connectivity index (χ1v) is 3.86. The molecule has 10 heavy (non-hydrogen) atoms. The molecular formula is C5H6N2OS2. The highest BCUT2D eigenvalue weighted by Crippen LogP contribution is 2.21. The van der Waals surface area contributed by atoms with Gasteiger partial charge in [-0.05, 0) is 11.4 Å². The minimum atomic E-state index is -0.424. The van der Waals surface area contributed by atoms with Gasteiger partial charge in [-0.15, -0.1) is 11.3 Å².